The van der Waals surface area contributed by atoms with E-state index in [1.165, 1.54) is 0 Å². The standard InChI is InChI=1S/C8H15Cl2NO3S/c9-11(10)8(7-15(12,13)14)5-3-1-2-4-6-8/h1-7H2,(H,12,13,14). The van der Waals surface area contributed by atoms with Crippen molar-refractivity contribution in [1.82, 2.24) is 3.94 Å². The summed E-state index contributed by atoms with van der Waals surface area (Å²) in [4.78, 5) is 0. The highest BCUT2D eigenvalue weighted by Crippen LogP contribution is 2.36. The molecule has 7 heteroatoms. The van der Waals surface area contributed by atoms with Gasteiger partial charge in [-0.2, -0.15) is 8.42 Å². The molecule has 0 aliphatic heterocycles. The van der Waals surface area contributed by atoms with E-state index in [4.69, 9.17) is 28.1 Å². The fourth-order valence-corrected chi connectivity index (χ4v) is 3.78. The maximum absolute atomic E-state index is 10.9. The molecular weight excluding hydrogens is 261 g/mol. The lowest BCUT2D eigenvalue weighted by Crippen LogP contribution is -2.44. The lowest BCUT2D eigenvalue weighted by Gasteiger charge is -2.33. The van der Waals surface area contributed by atoms with Gasteiger partial charge in [-0.1, -0.05) is 25.7 Å². The Hall–Kier alpha value is 0.450. The molecule has 4 nitrogen and oxygen atoms in total. The first-order valence-electron chi connectivity index (χ1n) is 4.93. The second-order valence-corrected chi connectivity index (χ2v) is 6.40. The Labute approximate surface area is 101 Å². The summed E-state index contributed by atoms with van der Waals surface area (Å²) in [5.74, 6) is -0.396. The highest BCUT2D eigenvalue weighted by molar-refractivity contribution is 7.85. The third kappa shape index (κ3) is 4.07. The molecule has 90 valence electrons. The van der Waals surface area contributed by atoms with Crippen LogP contribution >= 0.6 is 23.6 Å². The van der Waals surface area contributed by atoms with E-state index in [0.717, 1.165) is 29.6 Å². The number of hydrogen-bond acceptors (Lipinski definition) is 3. The summed E-state index contributed by atoms with van der Waals surface area (Å²) in [6, 6.07) is 0. The van der Waals surface area contributed by atoms with Crippen LogP contribution in [0.2, 0.25) is 0 Å². The Kier molecular flexibility index (Phi) is 4.67. The molecule has 0 heterocycles. The van der Waals surface area contributed by atoms with E-state index in [1.807, 2.05) is 0 Å². The molecule has 0 radical (unpaired) electrons. The lowest BCUT2D eigenvalue weighted by molar-refractivity contribution is 0.275. The van der Waals surface area contributed by atoms with Crippen LogP contribution in [-0.4, -0.2) is 28.2 Å². The lowest BCUT2D eigenvalue weighted by atomic mass is 9.94. The molecule has 15 heavy (non-hydrogen) atoms. The minimum absolute atomic E-state index is 0.396. The third-order valence-electron chi connectivity index (χ3n) is 2.84. The number of hydrogen-bond donors (Lipinski definition) is 1. The molecule has 1 saturated carbocycles. The van der Waals surface area contributed by atoms with Crippen LogP contribution in [0.4, 0.5) is 0 Å². The van der Waals surface area contributed by atoms with Crippen LogP contribution < -0.4 is 0 Å². The average molecular weight is 276 g/mol. The Balaban J connectivity index is 2.85. The SMILES string of the molecule is O=S(=O)(O)CC1(N(Cl)Cl)CCCCCC1. The Morgan fingerprint density at radius 2 is 1.60 bits per heavy atom. The first kappa shape index (κ1) is 13.5. The average Bonchev–Trinajstić information content (AvgIpc) is 2.28. The molecule has 1 aliphatic carbocycles. The molecular formula is C8H15Cl2NO3S. The van der Waals surface area contributed by atoms with E-state index in [9.17, 15) is 8.42 Å². The predicted octanol–water partition coefficient (Wildman–Crippen LogP) is 2.58. The zero-order valence-electron chi connectivity index (χ0n) is 8.32. The number of halogens is 2. The van der Waals surface area contributed by atoms with Gasteiger partial charge in [0.2, 0.25) is 0 Å². The zero-order chi connectivity index (χ0) is 11.5. The second-order valence-electron chi connectivity index (χ2n) is 4.10. The first-order valence-corrected chi connectivity index (χ1v) is 7.21. The number of rotatable bonds is 3. The van der Waals surface area contributed by atoms with Crippen molar-refractivity contribution in [3.05, 3.63) is 0 Å². The molecule has 1 N–H and O–H groups in total. The molecule has 0 atom stereocenters. The van der Waals surface area contributed by atoms with Gasteiger partial charge in [-0.05, 0) is 36.4 Å². The molecule has 0 bridgehead atoms. The summed E-state index contributed by atoms with van der Waals surface area (Å²) in [6.07, 6.45) is 5.06. The largest absolute Gasteiger partial charge is 0.285 e. The highest BCUT2D eigenvalue weighted by atomic mass is 35.5. The quantitative estimate of drug-likeness (QED) is 0.489. The summed E-state index contributed by atoms with van der Waals surface area (Å²) < 4.78 is 31.7. The minimum atomic E-state index is -4.05. The van der Waals surface area contributed by atoms with Crippen LogP contribution in [0, 0.1) is 0 Å². The smallest absolute Gasteiger partial charge is 0.266 e. The zero-order valence-corrected chi connectivity index (χ0v) is 10.7. The van der Waals surface area contributed by atoms with Gasteiger partial charge in [0, 0.05) is 0 Å². The van der Waals surface area contributed by atoms with Gasteiger partial charge in [0.15, 0.2) is 0 Å². The fourth-order valence-electron chi connectivity index (χ4n) is 2.09. The van der Waals surface area contributed by atoms with Crippen molar-refractivity contribution >= 4 is 33.7 Å². The maximum Gasteiger partial charge on any atom is 0.266 e. The van der Waals surface area contributed by atoms with Crippen LogP contribution in [0.15, 0.2) is 0 Å². The molecule has 0 amide bonds. The van der Waals surface area contributed by atoms with Gasteiger partial charge in [0.25, 0.3) is 10.1 Å². The van der Waals surface area contributed by atoms with Gasteiger partial charge in [0.05, 0.1) is 11.3 Å². The van der Waals surface area contributed by atoms with Gasteiger partial charge in [-0.25, -0.2) is 0 Å². The van der Waals surface area contributed by atoms with Crippen molar-refractivity contribution < 1.29 is 13.0 Å². The summed E-state index contributed by atoms with van der Waals surface area (Å²) in [6.45, 7) is 0. The second kappa shape index (κ2) is 5.19. The van der Waals surface area contributed by atoms with Gasteiger partial charge in [-0.3, -0.25) is 4.55 Å². The topological polar surface area (TPSA) is 57.6 Å². The van der Waals surface area contributed by atoms with Crippen molar-refractivity contribution in [3.63, 3.8) is 0 Å². The van der Waals surface area contributed by atoms with Crippen LogP contribution in [0.5, 0.6) is 0 Å². The first-order chi connectivity index (χ1) is 6.86. The summed E-state index contributed by atoms with van der Waals surface area (Å²) in [5.41, 5.74) is -0.826. The molecule has 0 saturated heterocycles. The Morgan fingerprint density at radius 3 is 1.93 bits per heavy atom. The normalized spacial score (nSPS) is 22.7. The Morgan fingerprint density at radius 1 is 1.13 bits per heavy atom. The molecule has 1 rings (SSSR count). The predicted molar refractivity (Wildman–Crippen MR) is 60.4 cm³/mol. The van der Waals surface area contributed by atoms with Crippen LogP contribution in [0.1, 0.15) is 38.5 Å². The fraction of sp³-hybridized carbons (Fsp3) is 1.00. The molecule has 0 unspecified atom stereocenters. The summed E-state index contributed by atoms with van der Waals surface area (Å²) in [5, 5.41) is 0. The summed E-state index contributed by atoms with van der Waals surface area (Å²) >= 11 is 11.4. The maximum atomic E-state index is 10.9. The van der Waals surface area contributed by atoms with Crippen molar-refractivity contribution in [2.75, 3.05) is 5.75 Å². The van der Waals surface area contributed by atoms with E-state index in [0.29, 0.717) is 12.8 Å². The third-order valence-corrected chi connectivity index (χ3v) is 4.46. The van der Waals surface area contributed by atoms with E-state index in [1.54, 1.807) is 0 Å². The van der Waals surface area contributed by atoms with Gasteiger partial charge < -0.3 is 0 Å². The molecule has 1 aliphatic rings. The minimum Gasteiger partial charge on any atom is -0.285 e. The molecule has 0 aromatic carbocycles. The van der Waals surface area contributed by atoms with Crippen LogP contribution in [-0.2, 0) is 10.1 Å². The van der Waals surface area contributed by atoms with Crippen LogP contribution in [0.25, 0.3) is 0 Å². The van der Waals surface area contributed by atoms with Crippen molar-refractivity contribution in [1.29, 1.82) is 0 Å². The summed E-state index contributed by atoms with van der Waals surface area (Å²) in [7, 11) is -4.05. The van der Waals surface area contributed by atoms with Crippen molar-refractivity contribution in [2.45, 2.75) is 44.1 Å². The molecule has 0 aromatic rings. The van der Waals surface area contributed by atoms with Crippen molar-refractivity contribution in [3.8, 4) is 0 Å². The van der Waals surface area contributed by atoms with E-state index in [-0.39, 0.29) is 0 Å². The highest BCUT2D eigenvalue weighted by Gasteiger charge is 2.40. The molecule has 1 fully saturated rings. The Bertz CT molecular complexity index is 297. The van der Waals surface area contributed by atoms with Gasteiger partial charge >= 0.3 is 0 Å². The number of nitrogens with zero attached hydrogens (tertiary/aromatic N) is 1. The van der Waals surface area contributed by atoms with Crippen LogP contribution in [0.3, 0.4) is 0 Å². The van der Waals surface area contributed by atoms with Gasteiger partial charge in [-0.15, -0.1) is 3.94 Å². The van der Waals surface area contributed by atoms with Crippen molar-refractivity contribution in [2.24, 2.45) is 0 Å². The van der Waals surface area contributed by atoms with E-state index >= 15 is 0 Å². The van der Waals surface area contributed by atoms with Gasteiger partial charge in [0.1, 0.15) is 0 Å². The monoisotopic (exact) mass is 275 g/mol. The molecule has 0 spiro atoms. The molecule has 0 aromatic heterocycles. The van der Waals surface area contributed by atoms with E-state index < -0.39 is 21.4 Å². The van der Waals surface area contributed by atoms with E-state index in [2.05, 4.69) is 0 Å².